The molecule has 0 saturated heterocycles. The van der Waals surface area contributed by atoms with Crippen LogP contribution in [0.5, 0.6) is 0 Å². The summed E-state index contributed by atoms with van der Waals surface area (Å²) in [6, 6.07) is 15.9. The predicted octanol–water partition coefficient (Wildman–Crippen LogP) is 4.38. The van der Waals surface area contributed by atoms with Gasteiger partial charge in [0.2, 0.25) is 6.54 Å². The number of aryl methyl sites for hydroxylation is 2. The Morgan fingerprint density at radius 2 is 1.67 bits per heavy atom. The maximum Gasteiger partial charge on any atom is 0.214 e. The van der Waals surface area contributed by atoms with Gasteiger partial charge in [-0.05, 0) is 36.1 Å². The quantitative estimate of drug-likeness (QED) is 0.603. The standard InChI is InChI=1S/C18H19NO2/c1-14-7-3-5-9-16(14)11-12-17(13-19(20)21)18-10-6-4-8-15(18)2/h3-12,17H,13H2,1-2H3/b12-11+/t17-/m0/s1. The highest BCUT2D eigenvalue weighted by Gasteiger charge is 2.16. The van der Waals surface area contributed by atoms with Gasteiger partial charge in [0.15, 0.2) is 0 Å². The lowest BCUT2D eigenvalue weighted by Gasteiger charge is -2.12. The van der Waals surface area contributed by atoms with Gasteiger partial charge in [0, 0.05) is 4.92 Å². The first-order chi connectivity index (χ1) is 10.1. The minimum Gasteiger partial charge on any atom is -0.265 e. The van der Waals surface area contributed by atoms with Gasteiger partial charge in [-0.2, -0.15) is 0 Å². The lowest BCUT2D eigenvalue weighted by Crippen LogP contribution is -2.11. The van der Waals surface area contributed by atoms with Crippen molar-refractivity contribution in [3.8, 4) is 0 Å². The van der Waals surface area contributed by atoms with Crippen molar-refractivity contribution >= 4 is 6.08 Å². The van der Waals surface area contributed by atoms with E-state index in [0.717, 1.165) is 16.7 Å². The Hall–Kier alpha value is -2.42. The van der Waals surface area contributed by atoms with Crippen LogP contribution >= 0.6 is 0 Å². The van der Waals surface area contributed by atoms with Gasteiger partial charge in [0.25, 0.3) is 0 Å². The molecule has 3 heteroatoms. The number of rotatable bonds is 5. The molecule has 0 aliphatic rings. The summed E-state index contributed by atoms with van der Waals surface area (Å²) in [6.07, 6.45) is 3.92. The largest absolute Gasteiger partial charge is 0.265 e. The Morgan fingerprint density at radius 1 is 1.05 bits per heavy atom. The monoisotopic (exact) mass is 281 g/mol. The van der Waals surface area contributed by atoms with Gasteiger partial charge in [-0.1, -0.05) is 60.7 Å². The van der Waals surface area contributed by atoms with Crippen molar-refractivity contribution in [2.45, 2.75) is 19.8 Å². The summed E-state index contributed by atoms with van der Waals surface area (Å²) in [7, 11) is 0. The van der Waals surface area contributed by atoms with Crippen molar-refractivity contribution in [3.05, 3.63) is 87.0 Å². The zero-order valence-electron chi connectivity index (χ0n) is 12.3. The molecule has 108 valence electrons. The van der Waals surface area contributed by atoms with E-state index in [9.17, 15) is 10.1 Å². The van der Waals surface area contributed by atoms with Crippen LogP contribution in [0.25, 0.3) is 6.08 Å². The van der Waals surface area contributed by atoms with Crippen molar-refractivity contribution in [3.63, 3.8) is 0 Å². The molecule has 0 radical (unpaired) electrons. The van der Waals surface area contributed by atoms with E-state index in [2.05, 4.69) is 0 Å². The highest BCUT2D eigenvalue weighted by molar-refractivity contribution is 5.55. The van der Waals surface area contributed by atoms with Gasteiger partial charge >= 0.3 is 0 Å². The van der Waals surface area contributed by atoms with Crippen LogP contribution in [-0.2, 0) is 0 Å². The van der Waals surface area contributed by atoms with Gasteiger partial charge in [-0.15, -0.1) is 0 Å². The highest BCUT2D eigenvalue weighted by atomic mass is 16.6. The molecule has 0 unspecified atom stereocenters. The zero-order chi connectivity index (χ0) is 15.2. The average Bonchev–Trinajstić information content (AvgIpc) is 2.45. The summed E-state index contributed by atoms with van der Waals surface area (Å²) in [5.41, 5.74) is 4.36. The van der Waals surface area contributed by atoms with Crippen molar-refractivity contribution in [1.29, 1.82) is 0 Å². The summed E-state index contributed by atoms with van der Waals surface area (Å²) in [4.78, 5) is 10.7. The lowest BCUT2D eigenvalue weighted by atomic mass is 9.93. The fraction of sp³-hybridized carbons (Fsp3) is 0.222. The van der Waals surface area contributed by atoms with E-state index < -0.39 is 0 Å². The normalized spacial score (nSPS) is 12.5. The van der Waals surface area contributed by atoms with Crippen LogP contribution in [0, 0.1) is 24.0 Å². The van der Waals surface area contributed by atoms with E-state index in [4.69, 9.17) is 0 Å². The number of benzene rings is 2. The molecule has 1 atom stereocenters. The number of hydrogen-bond acceptors (Lipinski definition) is 2. The Bertz CT molecular complexity index is 662. The molecule has 0 saturated carbocycles. The van der Waals surface area contributed by atoms with E-state index in [0.29, 0.717) is 0 Å². The predicted molar refractivity (Wildman–Crippen MR) is 86.0 cm³/mol. The van der Waals surface area contributed by atoms with Crippen LogP contribution in [-0.4, -0.2) is 11.5 Å². The molecule has 0 fully saturated rings. The van der Waals surface area contributed by atoms with Crippen molar-refractivity contribution in [1.82, 2.24) is 0 Å². The highest BCUT2D eigenvalue weighted by Crippen LogP contribution is 2.23. The Balaban J connectivity index is 2.31. The fourth-order valence-electron chi connectivity index (χ4n) is 2.42. The Kier molecular flexibility index (Phi) is 4.88. The lowest BCUT2D eigenvalue weighted by molar-refractivity contribution is -0.481. The van der Waals surface area contributed by atoms with E-state index in [-0.39, 0.29) is 17.4 Å². The minimum absolute atomic E-state index is 0.0900. The van der Waals surface area contributed by atoms with Gasteiger partial charge in [-0.3, -0.25) is 10.1 Å². The van der Waals surface area contributed by atoms with Crippen LogP contribution in [0.1, 0.15) is 28.2 Å². The minimum atomic E-state index is -0.251. The number of hydrogen-bond donors (Lipinski definition) is 0. The molecular formula is C18H19NO2. The van der Waals surface area contributed by atoms with Crippen LogP contribution in [0.15, 0.2) is 54.6 Å². The number of nitro groups is 1. The van der Waals surface area contributed by atoms with Gasteiger partial charge < -0.3 is 0 Å². The maximum atomic E-state index is 10.9. The van der Waals surface area contributed by atoms with E-state index in [1.807, 2.05) is 74.5 Å². The van der Waals surface area contributed by atoms with Gasteiger partial charge in [0.1, 0.15) is 0 Å². The molecule has 0 aromatic heterocycles. The molecule has 0 spiro atoms. The van der Waals surface area contributed by atoms with Crippen LogP contribution < -0.4 is 0 Å². The van der Waals surface area contributed by atoms with Crippen molar-refractivity contribution in [2.75, 3.05) is 6.54 Å². The van der Waals surface area contributed by atoms with E-state index in [1.165, 1.54) is 5.56 Å². The molecule has 2 aromatic carbocycles. The third-order valence-electron chi connectivity index (χ3n) is 3.63. The molecule has 0 bridgehead atoms. The third-order valence-corrected chi connectivity index (χ3v) is 3.63. The molecule has 2 aromatic rings. The second-order valence-electron chi connectivity index (χ2n) is 5.19. The second kappa shape index (κ2) is 6.84. The molecule has 0 aliphatic heterocycles. The Labute approximate surface area is 125 Å². The van der Waals surface area contributed by atoms with E-state index in [1.54, 1.807) is 0 Å². The maximum absolute atomic E-state index is 10.9. The first kappa shape index (κ1) is 15.0. The molecular weight excluding hydrogens is 262 g/mol. The first-order valence-electron chi connectivity index (χ1n) is 6.99. The molecule has 0 aliphatic carbocycles. The first-order valence-corrected chi connectivity index (χ1v) is 6.99. The van der Waals surface area contributed by atoms with Gasteiger partial charge in [-0.25, -0.2) is 0 Å². The molecule has 2 rings (SSSR count). The molecule has 0 amide bonds. The molecule has 21 heavy (non-hydrogen) atoms. The summed E-state index contributed by atoms with van der Waals surface area (Å²) in [5, 5.41) is 10.9. The fourth-order valence-corrected chi connectivity index (χ4v) is 2.42. The van der Waals surface area contributed by atoms with Crippen LogP contribution in [0.4, 0.5) is 0 Å². The summed E-state index contributed by atoms with van der Waals surface area (Å²) >= 11 is 0. The Morgan fingerprint density at radius 3 is 2.29 bits per heavy atom. The van der Waals surface area contributed by atoms with Crippen LogP contribution in [0.3, 0.4) is 0 Å². The van der Waals surface area contributed by atoms with Crippen molar-refractivity contribution in [2.24, 2.45) is 0 Å². The summed E-state index contributed by atoms with van der Waals surface area (Å²) in [6.45, 7) is 3.94. The van der Waals surface area contributed by atoms with Gasteiger partial charge in [0.05, 0.1) is 5.92 Å². The summed E-state index contributed by atoms with van der Waals surface area (Å²) in [5.74, 6) is -0.208. The van der Waals surface area contributed by atoms with E-state index >= 15 is 0 Å². The topological polar surface area (TPSA) is 43.1 Å². The third kappa shape index (κ3) is 4.02. The van der Waals surface area contributed by atoms with Crippen molar-refractivity contribution < 1.29 is 4.92 Å². The molecule has 0 heterocycles. The van der Waals surface area contributed by atoms with Crippen LogP contribution in [0.2, 0.25) is 0 Å². The summed E-state index contributed by atoms with van der Waals surface area (Å²) < 4.78 is 0. The molecule has 3 nitrogen and oxygen atoms in total. The number of nitrogens with zero attached hydrogens (tertiary/aromatic N) is 1. The smallest absolute Gasteiger partial charge is 0.214 e. The average molecular weight is 281 g/mol. The SMILES string of the molecule is Cc1ccccc1/C=C/[C@@H](C[N+](=O)[O-])c1ccccc1C. The molecule has 0 N–H and O–H groups in total. The zero-order valence-corrected chi connectivity index (χ0v) is 12.3. The second-order valence-corrected chi connectivity index (χ2v) is 5.19.